The van der Waals surface area contributed by atoms with Gasteiger partial charge in [-0.1, -0.05) is 46.3 Å². The molecule has 0 aliphatic carbocycles. The number of rotatable bonds is 8. The third kappa shape index (κ3) is 6.73. The summed E-state index contributed by atoms with van der Waals surface area (Å²) in [5.41, 5.74) is 2.28. The van der Waals surface area contributed by atoms with Crippen LogP contribution in [0.4, 0.5) is 5.69 Å². The average Bonchev–Trinajstić information content (AvgIpc) is 2.78. The van der Waals surface area contributed by atoms with Crippen molar-refractivity contribution in [2.45, 2.75) is 26.6 Å². The summed E-state index contributed by atoms with van der Waals surface area (Å²) in [6, 6.07) is 24.2. The molecule has 32 heavy (non-hydrogen) atoms. The van der Waals surface area contributed by atoms with Gasteiger partial charge < -0.3 is 14.8 Å². The van der Waals surface area contributed by atoms with E-state index in [1.54, 1.807) is 30.3 Å². The van der Waals surface area contributed by atoms with E-state index in [1.807, 2.05) is 62.4 Å². The maximum Gasteiger partial charge on any atom is 0.266 e. The number of para-hydroxylation sites is 1. The van der Waals surface area contributed by atoms with Crippen LogP contribution >= 0.6 is 15.9 Å². The summed E-state index contributed by atoms with van der Waals surface area (Å²) in [4.78, 5) is 12.6. The van der Waals surface area contributed by atoms with Crippen molar-refractivity contribution in [2.24, 2.45) is 0 Å². The second kappa shape index (κ2) is 11.2. The van der Waals surface area contributed by atoms with Crippen LogP contribution in [0.25, 0.3) is 6.08 Å². The van der Waals surface area contributed by atoms with E-state index in [0.717, 1.165) is 10.0 Å². The highest BCUT2D eigenvalue weighted by Gasteiger charge is 2.12. The molecule has 0 aromatic heterocycles. The van der Waals surface area contributed by atoms with Crippen molar-refractivity contribution in [1.29, 1.82) is 5.26 Å². The van der Waals surface area contributed by atoms with Crippen LogP contribution < -0.4 is 14.8 Å². The molecule has 0 aliphatic heterocycles. The number of halogens is 1. The molecular formula is C26H23BrN2O3. The van der Waals surface area contributed by atoms with Crippen LogP contribution in [0.1, 0.15) is 25.0 Å². The molecule has 0 saturated carbocycles. The normalized spacial score (nSPS) is 11.0. The van der Waals surface area contributed by atoms with E-state index in [0.29, 0.717) is 29.4 Å². The first kappa shape index (κ1) is 23.1. The number of carbonyl (C=O) groups is 1. The smallest absolute Gasteiger partial charge is 0.266 e. The van der Waals surface area contributed by atoms with E-state index in [4.69, 9.17) is 9.47 Å². The van der Waals surface area contributed by atoms with Gasteiger partial charge in [-0.3, -0.25) is 4.79 Å². The van der Waals surface area contributed by atoms with E-state index in [9.17, 15) is 10.1 Å². The molecular weight excluding hydrogens is 468 g/mol. The molecule has 3 aromatic rings. The van der Waals surface area contributed by atoms with Crippen molar-refractivity contribution >= 4 is 33.6 Å². The van der Waals surface area contributed by atoms with Gasteiger partial charge in [-0.2, -0.15) is 5.26 Å². The van der Waals surface area contributed by atoms with Gasteiger partial charge in [0.25, 0.3) is 5.91 Å². The average molecular weight is 491 g/mol. The summed E-state index contributed by atoms with van der Waals surface area (Å²) in [5, 5.41) is 12.3. The Morgan fingerprint density at radius 3 is 2.41 bits per heavy atom. The Balaban J connectivity index is 1.65. The van der Waals surface area contributed by atoms with Gasteiger partial charge in [0.1, 0.15) is 29.7 Å². The molecule has 1 amide bonds. The molecule has 1 N–H and O–H groups in total. The third-order valence-corrected chi connectivity index (χ3v) is 4.91. The lowest BCUT2D eigenvalue weighted by Crippen LogP contribution is -2.13. The van der Waals surface area contributed by atoms with Gasteiger partial charge in [0.05, 0.1) is 6.10 Å². The molecule has 6 heteroatoms. The van der Waals surface area contributed by atoms with E-state index < -0.39 is 5.91 Å². The van der Waals surface area contributed by atoms with E-state index in [-0.39, 0.29) is 11.7 Å². The molecule has 3 rings (SSSR count). The molecule has 0 fully saturated rings. The topological polar surface area (TPSA) is 71.3 Å². The first-order valence-corrected chi connectivity index (χ1v) is 10.9. The number of benzene rings is 3. The van der Waals surface area contributed by atoms with Crippen molar-refractivity contribution in [2.75, 3.05) is 5.32 Å². The summed E-state index contributed by atoms with van der Waals surface area (Å²) in [5.74, 6) is 0.812. The SMILES string of the molecule is CC(C)Oc1ccccc1/C=C(\C#N)C(=O)Nc1ccc(OCc2ccc(Br)cc2)cc1. The molecule has 162 valence electrons. The number of nitrogens with zero attached hydrogens (tertiary/aromatic N) is 1. The molecule has 0 atom stereocenters. The highest BCUT2D eigenvalue weighted by atomic mass is 79.9. The van der Waals surface area contributed by atoms with Gasteiger partial charge in [-0.25, -0.2) is 0 Å². The maximum absolute atomic E-state index is 12.6. The molecule has 0 radical (unpaired) electrons. The first-order chi connectivity index (χ1) is 15.4. The molecule has 0 saturated heterocycles. The fraction of sp³-hybridized carbons (Fsp3) is 0.154. The number of ether oxygens (including phenoxy) is 2. The van der Waals surface area contributed by atoms with Crippen LogP contribution in [0.15, 0.2) is 82.8 Å². The van der Waals surface area contributed by atoms with Gasteiger partial charge in [-0.15, -0.1) is 0 Å². The lowest BCUT2D eigenvalue weighted by atomic mass is 10.1. The van der Waals surface area contributed by atoms with Gasteiger partial charge in [0.2, 0.25) is 0 Å². The Kier molecular flexibility index (Phi) is 8.07. The van der Waals surface area contributed by atoms with Crippen LogP contribution in [0, 0.1) is 11.3 Å². The standard InChI is InChI=1S/C26H23BrN2O3/c1-18(2)32-25-6-4-3-5-20(25)15-21(16-28)26(30)29-23-11-13-24(14-12-23)31-17-19-7-9-22(27)10-8-19/h3-15,18H,17H2,1-2H3,(H,29,30)/b21-15+. The van der Waals surface area contributed by atoms with Crippen LogP contribution in [0.5, 0.6) is 11.5 Å². The lowest BCUT2D eigenvalue weighted by Gasteiger charge is -2.12. The van der Waals surface area contributed by atoms with Crippen LogP contribution in [-0.4, -0.2) is 12.0 Å². The van der Waals surface area contributed by atoms with E-state index in [1.165, 1.54) is 6.08 Å². The molecule has 0 aliphatic rings. The number of nitriles is 1. The van der Waals surface area contributed by atoms with Crippen LogP contribution in [0.3, 0.4) is 0 Å². The predicted octanol–water partition coefficient (Wildman–Crippen LogP) is 6.36. The number of anilines is 1. The number of nitrogens with one attached hydrogen (secondary N) is 1. The number of carbonyl (C=O) groups excluding carboxylic acids is 1. The number of amides is 1. The molecule has 0 unspecified atom stereocenters. The highest BCUT2D eigenvalue weighted by Crippen LogP contribution is 2.23. The Labute approximate surface area is 196 Å². The summed E-state index contributed by atoms with van der Waals surface area (Å²) in [6.45, 7) is 4.29. The Morgan fingerprint density at radius 2 is 1.75 bits per heavy atom. The number of hydrogen-bond acceptors (Lipinski definition) is 4. The van der Waals surface area contributed by atoms with Crippen molar-refractivity contribution < 1.29 is 14.3 Å². The largest absolute Gasteiger partial charge is 0.490 e. The van der Waals surface area contributed by atoms with Crippen LogP contribution in [-0.2, 0) is 11.4 Å². The zero-order valence-corrected chi connectivity index (χ0v) is 19.4. The molecule has 0 spiro atoms. The zero-order chi connectivity index (χ0) is 22.9. The Hall–Kier alpha value is -3.56. The van der Waals surface area contributed by atoms with Crippen molar-refractivity contribution in [3.8, 4) is 17.6 Å². The fourth-order valence-electron chi connectivity index (χ4n) is 2.85. The van der Waals surface area contributed by atoms with Gasteiger partial charge in [0.15, 0.2) is 0 Å². The molecule has 3 aromatic carbocycles. The minimum atomic E-state index is -0.490. The van der Waals surface area contributed by atoms with Crippen molar-refractivity contribution in [1.82, 2.24) is 0 Å². The minimum Gasteiger partial charge on any atom is -0.490 e. The van der Waals surface area contributed by atoms with Gasteiger partial charge in [-0.05, 0) is 68.0 Å². The summed E-state index contributed by atoms with van der Waals surface area (Å²) < 4.78 is 12.6. The monoisotopic (exact) mass is 490 g/mol. The Bertz CT molecular complexity index is 1130. The summed E-state index contributed by atoms with van der Waals surface area (Å²) >= 11 is 3.41. The second-order valence-electron chi connectivity index (χ2n) is 7.27. The summed E-state index contributed by atoms with van der Waals surface area (Å²) in [6.07, 6.45) is 1.51. The highest BCUT2D eigenvalue weighted by molar-refractivity contribution is 9.10. The molecule has 0 bridgehead atoms. The van der Waals surface area contributed by atoms with Crippen molar-refractivity contribution in [3.63, 3.8) is 0 Å². The van der Waals surface area contributed by atoms with Crippen LogP contribution in [0.2, 0.25) is 0 Å². The Morgan fingerprint density at radius 1 is 1.06 bits per heavy atom. The lowest BCUT2D eigenvalue weighted by molar-refractivity contribution is -0.112. The molecule has 5 nitrogen and oxygen atoms in total. The minimum absolute atomic E-state index is 0.0135. The zero-order valence-electron chi connectivity index (χ0n) is 17.8. The van der Waals surface area contributed by atoms with E-state index in [2.05, 4.69) is 21.2 Å². The summed E-state index contributed by atoms with van der Waals surface area (Å²) in [7, 11) is 0. The predicted molar refractivity (Wildman–Crippen MR) is 129 cm³/mol. The van der Waals surface area contributed by atoms with Gasteiger partial charge in [0, 0.05) is 15.7 Å². The van der Waals surface area contributed by atoms with Crippen molar-refractivity contribution in [3.05, 3.63) is 94.0 Å². The van der Waals surface area contributed by atoms with Gasteiger partial charge >= 0.3 is 0 Å². The molecule has 0 heterocycles. The quantitative estimate of drug-likeness (QED) is 0.294. The van der Waals surface area contributed by atoms with E-state index >= 15 is 0 Å². The fourth-order valence-corrected chi connectivity index (χ4v) is 3.11. The second-order valence-corrected chi connectivity index (χ2v) is 8.18. The maximum atomic E-state index is 12.6. The third-order valence-electron chi connectivity index (χ3n) is 4.38. The number of hydrogen-bond donors (Lipinski definition) is 1. The first-order valence-electron chi connectivity index (χ1n) is 10.1.